The molecule has 0 aliphatic rings. The lowest BCUT2D eigenvalue weighted by atomic mass is 10.0. The van der Waals surface area contributed by atoms with Gasteiger partial charge in [-0.15, -0.1) is 0 Å². The summed E-state index contributed by atoms with van der Waals surface area (Å²) in [7, 11) is 1.62. The van der Waals surface area contributed by atoms with Gasteiger partial charge < -0.3 is 9.47 Å². The number of hydrogen-bond acceptors (Lipinski definition) is 4. The van der Waals surface area contributed by atoms with E-state index in [0.29, 0.717) is 29.9 Å². The molecule has 3 aromatic rings. The zero-order valence-electron chi connectivity index (χ0n) is 13.1. The van der Waals surface area contributed by atoms with Crippen LogP contribution in [-0.4, -0.2) is 23.9 Å². The standard InChI is InChI=1S/C18H18N2O3/c1-3-23-17-11-12(8-9-16(17)22-2)10-15-13-6-4-5-7-14(13)18(21)20-19-15/h4-9,11H,3,10H2,1-2H3,(H,20,21). The topological polar surface area (TPSA) is 64.2 Å². The lowest BCUT2D eigenvalue weighted by Gasteiger charge is -2.11. The maximum absolute atomic E-state index is 11.9. The molecule has 0 bridgehead atoms. The van der Waals surface area contributed by atoms with Crippen molar-refractivity contribution in [2.24, 2.45) is 0 Å². The number of H-pyrrole nitrogens is 1. The van der Waals surface area contributed by atoms with E-state index >= 15 is 0 Å². The Kier molecular flexibility index (Phi) is 4.28. The molecule has 1 aromatic heterocycles. The van der Waals surface area contributed by atoms with Gasteiger partial charge in [0.2, 0.25) is 0 Å². The third kappa shape index (κ3) is 3.04. The predicted molar refractivity (Wildman–Crippen MR) is 89.3 cm³/mol. The highest BCUT2D eigenvalue weighted by molar-refractivity contribution is 5.83. The fourth-order valence-electron chi connectivity index (χ4n) is 2.60. The van der Waals surface area contributed by atoms with E-state index in [-0.39, 0.29) is 5.56 Å². The number of nitrogens with zero attached hydrogens (tertiary/aromatic N) is 1. The van der Waals surface area contributed by atoms with E-state index in [1.807, 2.05) is 43.3 Å². The van der Waals surface area contributed by atoms with Crippen LogP contribution >= 0.6 is 0 Å². The van der Waals surface area contributed by atoms with Crippen molar-refractivity contribution in [2.75, 3.05) is 13.7 Å². The molecule has 0 atom stereocenters. The summed E-state index contributed by atoms with van der Waals surface area (Å²) in [6.45, 7) is 2.50. The van der Waals surface area contributed by atoms with Crippen molar-refractivity contribution in [3.05, 3.63) is 64.1 Å². The van der Waals surface area contributed by atoms with Crippen LogP contribution in [0.4, 0.5) is 0 Å². The first-order chi connectivity index (χ1) is 11.2. The molecule has 0 saturated carbocycles. The monoisotopic (exact) mass is 310 g/mol. The molecule has 0 aliphatic heterocycles. The Morgan fingerprint density at radius 2 is 1.87 bits per heavy atom. The quantitative estimate of drug-likeness (QED) is 0.787. The molecule has 1 heterocycles. The summed E-state index contributed by atoms with van der Waals surface area (Å²) in [6, 6.07) is 13.3. The highest BCUT2D eigenvalue weighted by atomic mass is 16.5. The molecule has 3 rings (SSSR count). The van der Waals surface area contributed by atoms with E-state index in [1.54, 1.807) is 13.2 Å². The average molecular weight is 310 g/mol. The zero-order chi connectivity index (χ0) is 16.2. The minimum atomic E-state index is -0.172. The van der Waals surface area contributed by atoms with Gasteiger partial charge in [0, 0.05) is 11.8 Å². The fraction of sp³-hybridized carbons (Fsp3) is 0.222. The molecule has 2 aromatic carbocycles. The Hall–Kier alpha value is -2.82. The van der Waals surface area contributed by atoms with Crippen molar-refractivity contribution in [2.45, 2.75) is 13.3 Å². The van der Waals surface area contributed by atoms with Crippen LogP contribution in [0.3, 0.4) is 0 Å². The minimum absolute atomic E-state index is 0.172. The second kappa shape index (κ2) is 6.52. The van der Waals surface area contributed by atoms with E-state index in [9.17, 15) is 4.79 Å². The van der Waals surface area contributed by atoms with Gasteiger partial charge in [0.1, 0.15) is 0 Å². The van der Waals surface area contributed by atoms with E-state index in [0.717, 1.165) is 16.6 Å². The van der Waals surface area contributed by atoms with Gasteiger partial charge >= 0.3 is 0 Å². The van der Waals surface area contributed by atoms with Gasteiger partial charge in [-0.25, -0.2) is 5.10 Å². The summed E-state index contributed by atoms with van der Waals surface area (Å²) in [5.41, 5.74) is 1.70. The maximum Gasteiger partial charge on any atom is 0.272 e. The van der Waals surface area contributed by atoms with Crippen LogP contribution in [-0.2, 0) is 6.42 Å². The third-order valence-corrected chi connectivity index (χ3v) is 3.67. The number of hydrogen-bond donors (Lipinski definition) is 1. The van der Waals surface area contributed by atoms with Gasteiger partial charge in [-0.05, 0) is 30.7 Å². The van der Waals surface area contributed by atoms with Crippen molar-refractivity contribution in [1.82, 2.24) is 10.2 Å². The Morgan fingerprint density at radius 1 is 1.09 bits per heavy atom. The summed E-state index contributed by atoms with van der Waals surface area (Å²) in [6.07, 6.45) is 0.599. The molecular weight excluding hydrogens is 292 g/mol. The van der Waals surface area contributed by atoms with Gasteiger partial charge in [-0.1, -0.05) is 24.3 Å². The largest absolute Gasteiger partial charge is 0.493 e. The Balaban J connectivity index is 2.01. The molecule has 0 unspecified atom stereocenters. The van der Waals surface area contributed by atoms with Crippen LogP contribution in [0.25, 0.3) is 10.8 Å². The molecule has 0 aliphatic carbocycles. The van der Waals surface area contributed by atoms with Crippen molar-refractivity contribution < 1.29 is 9.47 Å². The van der Waals surface area contributed by atoms with E-state index in [4.69, 9.17) is 9.47 Å². The zero-order valence-corrected chi connectivity index (χ0v) is 13.1. The highest BCUT2D eigenvalue weighted by Gasteiger charge is 2.10. The smallest absolute Gasteiger partial charge is 0.272 e. The number of nitrogens with one attached hydrogen (secondary N) is 1. The van der Waals surface area contributed by atoms with Crippen LogP contribution in [0.2, 0.25) is 0 Å². The molecule has 0 saturated heterocycles. The summed E-state index contributed by atoms with van der Waals surface area (Å²) < 4.78 is 10.9. The summed E-state index contributed by atoms with van der Waals surface area (Å²) in [5, 5.41) is 8.29. The van der Waals surface area contributed by atoms with Gasteiger partial charge in [-0.3, -0.25) is 4.79 Å². The van der Waals surface area contributed by atoms with Crippen LogP contribution in [0.1, 0.15) is 18.2 Å². The summed E-state index contributed by atoms with van der Waals surface area (Å²) >= 11 is 0. The molecule has 0 amide bonds. The summed E-state index contributed by atoms with van der Waals surface area (Å²) in [4.78, 5) is 11.9. The number of aromatic nitrogens is 2. The maximum atomic E-state index is 11.9. The first-order valence-electron chi connectivity index (χ1n) is 7.49. The third-order valence-electron chi connectivity index (χ3n) is 3.67. The lowest BCUT2D eigenvalue weighted by Crippen LogP contribution is -2.11. The Morgan fingerprint density at radius 3 is 2.61 bits per heavy atom. The average Bonchev–Trinajstić information content (AvgIpc) is 2.58. The van der Waals surface area contributed by atoms with Crippen LogP contribution in [0.15, 0.2) is 47.3 Å². The molecule has 5 heteroatoms. The highest BCUT2D eigenvalue weighted by Crippen LogP contribution is 2.29. The minimum Gasteiger partial charge on any atom is -0.493 e. The molecule has 23 heavy (non-hydrogen) atoms. The number of benzene rings is 2. The Labute approximate surface area is 133 Å². The van der Waals surface area contributed by atoms with E-state index < -0.39 is 0 Å². The van der Waals surface area contributed by atoms with Crippen LogP contribution in [0, 0.1) is 0 Å². The first kappa shape index (κ1) is 15.1. The van der Waals surface area contributed by atoms with Gasteiger partial charge in [-0.2, -0.15) is 5.10 Å². The number of aromatic amines is 1. The van der Waals surface area contributed by atoms with Crippen LogP contribution < -0.4 is 15.0 Å². The molecular formula is C18H18N2O3. The number of fused-ring (bicyclic) bond motifs is 1. The second-order valence-electron chi connectivity index (χ2n) is 5.14. The van der Waals surface area contributed by atoms with E-state index in [1.165, 1.54) is 0 Å². The first-order valence-corrected chi connectivity index (χ1v) is 7.49. The van der Waals surface area contributed by atoms with Gasteiger partial charge in [0.25, 0.3) is 5.56 Å². The number of ether oxygens (including phenoxy) is 2. The predicted octanol–water partition coefficient (Wildman–Crippen LogP) is 2.92. The molecule has 5 nitrogen and oxygen atoms in total. The van der Waals surface area contributed by atoms with Crippen LogP contribution in [0.5, 0.6) is 11.5 Å². The molecule has 1 N–H and O–H groups in total. The molecule has 0 radical (unpaired) electrons. The lowest BCUT2D eigenvalue weighted by molar-refractivity contribution is 0.310. The number of methoxy groups -OCH3 is 1. The van der Waals surface area contributed by atoms with Gasteiger partial charge in [0.15, 0.2) is 11.5 Å². The van der Waals surface area contributed by atoms with Crippen molar-refractivity contribution in [1.29, 1.82) is 0 Å². The van der Waals surface area contributed by atoms with Gasteiger partial charge in [0.05, 0.1) is 24.8 Å². The van der Waals surface area contributed by atoms with Crippen molar-refractivity contribution in [3.63, 3.8) is 0 Å². The van der Waals surface area contributed by atoms with Crippen molar-refractivity contribution in [3.8, 4) is 11.5 Å². The van der Waals surface area contributed by atoms with Crippen molar-refractivity contribution >= 4 is 10.8 Å². The SMILES string of the molecule is CCOc1cc(Cc2n[nH]c(=O)c3ccccc23)ccc1OC. The normalized spacial score (nSPS) is 10.7. The Bertz CT molecular complexity index is 887. The summed E-state index contributed by atoms with van der Waals surface area (Å²) in [5.74, 6) is 1.41. The second-order valence-corrected chi connectivity index (χ2v) is 5.14. The fourth-order valence-corrected chi connectivity index (χ4v) is 2.60. The van der Waals surface area contributed by atoms with E-state index in [2.05, 4.69) is 10.2 Å². The number of rotatable bonds is 5. The molecule has 0 spiro atoms. The molecule has 0 fully saturated rings. The molecule has 118 valence electrons.